The minimum absolute atomic E-state index is 0.443. The third-order valence-electron chi connectivity index (χ3n) is 2.86. The summed E-state index contributed by atoms with van der Waals surface area (Å²) in [7, 11) is 0. The molecule has 6 nitrogen and oxygen atoms in total. The molecule has 1 saturated heterocycles. The molecule has 0 radical (unpaired) electrons. The summed E-state index contributed by atoms with van der Waals surface area (Å²) in [5, 5.41) is 38.1. The van der Waals surface area contributed by atoms with Crippen molar-refractivity contribution in [2.24, 2.45) is 0 Å². The number of para-hydroxylation sites is 1. The van der Waals surface area contributed by atoms with Crippen molar-refractivity contribution in [3.8, 4) is 5.75 Å². The van der Waals surface area contributed by atoms with Crippen LogP contribution in [0, 0.1) is 0 Å². The molecule has 1 aliphatic heterocycles. The molecule has 4 N–H and O–H groups in total. The largest absolute Gasteiger partial charge is 0.482 e. The molecule has 0 amide bonds. The molecule has 0 spiro atoms. The van der Waals surface area contributed by atoms with E-state index in [1.165, 1.54) is 0 Å². The Balaban J connectivity index is 2.08. The lowest BCUT2D eigenvalue weighted by atomic mass is 9.99. The van der Waals surface area contributed by atoms with Crippen molar-refractivity contribution >= 4 is 0 Å². The van der Waals surface area contributed by atoms with Gasteiger partial charge in [0.25, 0.3) is 0 Å². The van der Waals surface area contributed by atoms with E-state index in [1.54, 1.807) is 30.3 Å². The van der Waals surface area contributed by atoms with Crippen LogP contribution in [0.4, 0.5) is 0 Å². The Bertz CT molecular complexity index is 370. The second-order valence-corrected chi connectivity index (χ2v) is 4.12. The highest BCUT2D eigenvalue weighted by Gasteiger charge is 2.45. The predicted octanol–water partition coefficient (Wildman–Crippen LogP) is -1.13. The van der Waals surface area contributed by atoms with Crippen molar-refractivity contribution in [2.45, 2.75) is 30.7 Å². The van der Waals surface area contributed by atoms with Gasteiger partial charge in [0.2, 0.25) is 0 Å². The number of benzene rings is 1. The molecular formula is C12H16O6. The van der Waals surface area contributed by atoms with Crippen LogP contribution in [-0.2, 0) is 4.74 Å². The third kappa shape index (κ3) is 2.63. The van der Waals surface area contributed by atoms with Crippen LogP contribution in [0.1, 0.15) is 0 Å². The Morgan fingerprint density at radius 2 is 1.72 bits per heavy atom. The van der Waals surface area contributed by atoms with Gasteiger partial charge in [-0.05, 0) is 12.1 Å². The second kappa shape index (κ2) is 5.64. The van der Waals surface area contributed by atoms with Crippen molar-refractivity contribution in [2.75, 3.05) is 6.61 Å². The fourth-order valence-electron chi connectivity index (χ4n) is 1.86. The van der Waals surface area contributed by atoms with Gasteiger partial charge in [-0.15, -0.1) is 0 Å². The maximum atomic E-state index is 9.84. The number of rotatable bonds is 3. The molecule has 0 bridgehead atoms. The Morgan fingerprint density at radius 1 is 1.06 bits per heavy atom. The highest BCUT2D eigenvalue weighted by atomic mass is 16.7. The molecule has 2 rings (SSSR count). The molecule has 0 aliphatic carbocycles. The molecule has 18 heavy (non-hydrogen) atoms. The van der Waals surface area contributed by atoms with E-state index in [-0.39, 0.29) is 0 Å². The van der Waals surface area contributed by atoms with Gasteiger partial charge in [0.15, 0.2) is 12.4 Å². The van der Waals surface area contributed by atoms with Crippen LogP contribution >= 0.6 is 0 Å². The molecule has 1 aliphatic rings. The summed E-state index contributed by atoms with van der Waals surface area (Å²) in [6.07, 6.45) is -6.20. The van der Waals surface area contributed by atoms with E-state index in [9.17, 15) is 15.3 Å². The Kier molecular flexibility index (Phi) is 4.15. The van der Waals surface area contributed by atoms with Crippen molar-refractivity contribution < 1.29 is 29.9 Å². The van der Waals surface area contributed by atoms with Crippen LogP contribution in [0.15, 0.2) is 30.3 Å². The quantitative estimate of drug-likeness (QED) is 0.546. The molecule has 100 valence electrons. The van der Waals surface area contributed by atoms with Gasteiger partial charge in [0.1, 0.15) is 24.1 Å². The Labute approximate surface area is 104 Å². The average Bonchev–Trinajstić information content (AvgIpc) is 2.40. The second-order valence-electron chi connectivity index (χ2n) is 4.12. The van der Waals surface area contributed by atoms with E-state index in [2.05, 4.69) is 0 Å². The topological polar surface area (TPSA) is 99.4 Å². The van der Waals surface area contributed by atoms with E-state index in [0.29, 0.717) is 5.75 Å². The Hall–Kier alpha value is -1.18. The van der Waals surface area contributed by atoms with E-state index in [0.717, 1.165) is 0 Å². The summed E-state index contributed by atoms with van der Waals surface area (Å²) >= 11 is 0. The standard InChI is InChI=1S/C12H16O6/c13-6-8-9(14)10(15)11(12(16)18-8)17-7-4-2-1-3-5-7/h1-5,8-16H,6H2/t8-,9-,10+,11+,12?/m1/s1. The predicted molar refractivity (Wildman–Crippen MR) is 60.8 cm³/mol. The monoisotopic (exact) mass is 256 g/mol. The zero-order valence-electron chi connectivity index (χ0n) is 9.59. The molecule has 0 saturated carbocycles. The first-order valence-electron chi connectivity index (χ1n) is 5.65. The third-order valence-corrected chi connectivity index (χ3v) is 2.86. The fraction of sp³-hybridized carbons (Fsp3) is 0.500. The van der Waals surface area contributed by atoms with E-state index in [4.69, 9.17) is 14.6 Å². The molecular weight excluding hydrogens is 240 g/mol. The average molecular weight is 256 g/mol. The maximum Gasteiger partial charge on any atom is 0.195 e. The number of ether oxygens (including phenoxy) is 2. The van der Waals surface area contributed by atoms with Gasteiger partial charge in [-0.3, -0.25) is 0 Å². The number of aliphatic hydroxyl groups excluding tert-OH is 4. The normalized spacial score (nSPS) is 36.3. The first kappa shape index (κ1) is 13.3. The number of hydrogen-bond acceptors (Lipinski definition) is 6. The molecule has 6 heteroatoms. The van der Waals surface area contributed by atoms with Crippen molar-refractivity contribution in [3.63, 3.8) is 0 Å². The summed E-state index contributed by atoms with van der Waals surface area (Å²) in [4.78, 5) is 0. The summed E-state index contributed by atoms with van der Waals surface area (Å²) < 4.78 is 10.3. The molecule has 1 aromatic carbocycles. The van der Waals surface area contributed by atoms with Gasteiger partial charge >= 0.3 is 0 Å². The summed E-state index contributed by atoms with van der Waals surface area (Å²) in [6, 6.07) is 8.59. The lowest BCUT2D eigenvalue weighted by Gasteiger charge is -2.39. The van der Waals surface area contributed by atoms with Gasteiger partial charge in [-0.1, -0.05) is 18.2 Å². The van der Waals surface area contributed by atoms with Crippen molar-refractivity contribution in [3.05, 3.63) is 30.3 Å². The fourth-order valence-corrected chi connectivity index (χ4v) is 1.86. The number of aliphatic hydroxyl groups is 4. The summed E-state index contributed by atoms with van der Waals surface area (Å²) in [5.41, 5.74) is 0. The van der Waals surface area contributed by atoms with E-state index >= 15 is 0 Å². The van der Waals surface area contributed by atoms with E-state index < -0.39 is 37.3 Å². The SMILES string of the molecule is OC[C@H]1OC(O)[C@@H](Oc2ccccc2)[C@@H](O)[C@@H]1O. The molecule has 1 fully saturated rings. The first-order chi connectivity index (χ1) is 8.63. The molecule has 1 aromatic rings. The molecule has 0 aromatic heterocycles. The van der Waals surface area contributed by atoms with Gasteiger partial charge in [-0.25, -0.2) is 0 Å². The summed E-state index contributed by atoms with van der Waals surface area (Å²) in [5.74, 6) is 0.443. The minimum atomic E-state index is -1.42. The molecule has 1 heterocycles. The van der Waals surface area contributed by atoms with Crippen LogP contribution in [0.2, 0.25) is 0 Å². The van der Waals surface area contributed by atoms with Crippen LogP contribution in [0.25, 0.3) is 0 Å². The maximum absolute atomic E-state index is 9.84. The zero-order valence-corrected chi connectivity index (χ0v) is 9.59. The molecule has 5 atom stereocenters. The Morgan fingerprint density at radius 3 is 2.33 bits per heavy atom. The highest BCUT2D eigenvalue weighted by molar-refractivity contribution is 5.21. The number of hydrogen-bond donors (Lipinski definition) is 4. The van der Waals surface area contributed by atoms with Crippen molar-refractivity contribution in [1.29, 1.82) is 0 Å². The zero-order chi connectivity index (χ0) is 13.1. The lowest BCUT2D eigenvalue weighted by Crippen LogP contribution is -2.60. The van der Waals surface area contributed by atoms with Crippen molar-refractivity contribution in [1.82, 2.24) is 0 Å². The first-order valence-corrected chi connectivity index (χ1v) is 5.65. The highest BCUT2D eigenvalue weighted by Crippen LogP contribution is 2.24. The van der Waals surface area contributed by atoms with Crippen LogP contribution in [-0.4, -0.2) is 57.7 Å². The van der Waals surface area contributed by atoms with E-state index in [1.807, 2.05) is 0 Å². The van der Waals surface area contributed by atoms with Crippen LogP contribution in [0.3, 0.4) is 0 Å². The van der Waals surface area contributed by atoms with Gasteiger partial charge in [0.05, 0.1) is 6.61 Å². The smallest absolute Gasteiger partial charge is 0.195 e. The lowest BCUT2D eigenvalue weighted by molar-refractivity contribution is -0.280. The van der Waals surface area contributed by atoms with Crippen LogP contribution in [0.5, 0.6) is 5.75 Å². The van der Waals surface area contributed by atoms with Gasteiger partial charge in [0, 0.05) is 0 Å². The summed E-state index contributed by atoms with van der Waals surface area (Å²) in [6.45, 7) is -0.493. The molecule has 1 unspecified atom stereocenters. The van der Waals surface area contributed by atoms with Crippen LogP contribution < -0.4 is 4.74 Å². The minimum Gasteiger partial charge on any atom is -0.482 e. The van der Waals surface area contributed by atoms with Gasteiger partial charge < -0.3 is 29.9 Å². The van der Waals surface area contributed by atoms with Gasteiger partial charge in [-0.2, -0.15) is 0 Å².